The summed E-state index contributed by atoms with van der Waals surface area (Å²) in [7, 11) is 0. The van der Waals surface area contributed by atoms with Crippen LogP contribution in [0.4, 0.5) is 30.7 Å². The van der Waals surface area contributed by atoms with Gasteiger partial charge in [-0.05, 0) is 31.9 Å². The van der Waals surface area contributed by atoms with E-state index in [4.69, 9.17) is 29.3 Å². The van der Waals surface area contributed by atoms with Gasteiger partial charge in [-0.25, -0.2) is 23.9 Å². The minimum Gasteiger partial charge on any atom is -0.475 e. The van der Waals surface area contributed by atoms with Crippen LogP contribution in [0.15, 0.2) is 23.8 Å². The molecule has 4 rings (SSSR count). The van der Waals surface area contributed by atoms with Crippen molar-refractivity contribution in [1.82, 2.24) is 14.9 Å². The van der Waals surface area contributed by atoms with Gasteiger partial charge in [0, 0.05) is 36.8 Å². The number of hydrogen-bond acceptors (Lipinski definition) is 8. The van der Waals surface area contributed by atoms with E-state index in [1.54, 1.807) is 23.6 Å². The number of carbonyl (C=O) groups is 2. The summed E-state index contributed by atoms with van der Waals surface area (Å²) in [6, 6.07) is 3.24. The van der Waals surface area contributed by atoms with Gasteiger partial charge in [-0.2, -0.15) is 26.3 Å². The molecule has 38 heavy (non-hydrogen) atoms. The zero-order chi connectivity index (χ0) is 28.7. The number of halogens is 7. The lowest BCUT2D eigenvalue weighted by Gasteiger charge is -2.32. The molecular formula is C21H22F7N3O6S. The van der Waals surface area contributed by atoms with E-state index < -0.39 is 30.1 Å². The van der Waals surface area contributed by atoms with E-state index in [1.807, 2.05) is 12.4 Å². The molecule has 3 atom stereocenters. The highest BCUT2D eigenvalue weighted by atomic mass is 32.1. The molecule has 0 spiro atoms. The van der Waals surface area contributed by atoms with Crippen molar-refractivity contribution in [1.29, 1.82) is 0 Å². The van der Waals surface area contributed by atoms with Gasteiger partial charge >= 0.3 is 24.3 Å². The molecule has 4 heterocycles. The number of likely N-dealkylation sites (tertiary alicyclic amines) is 1. The first kappa shape index (κ1) is 31.2. The predicted octanol–water partition coefficient (Wildman–Crippen LogP) is 4.06. The molecule has 2 saturated heterocycles. The molecule has 0 unspecified atom stereocenters. The number of aryl methyl sites for hydroxylation is 1. The Morgan fingerprint density at radius 1 is 1.16 bits per heavy atom. The monoisotopic (exact) mass is 577 g/mol. The topological polar surface area (TPSA) is 122 Å². The number of ether oxygens (including phenoxy) is 2. The largest absolute Gasteiger partial charge is 0.490 e. The highest BCUT2D eigenvalue weighted by molar-refractivity contribution is 7.09. The van der Waals surface area contributed by atoms with Gasteiger partial charge in [-0.3, -0.25) is 4.90 Å². The number of rotatable bonds is 4. The summed E-state index contributed by atoms with van der Waals surface area (Å²) in [5.41, 5.74) is 2.96. The van der Waals surface area contributed by atoms with Crippen molar-refractivity contribution in [3.8, 4) is 5.88 Å². The first-order chi connectivity index (χ1) is 17.6. The maximum Gasteiger partial charge on any atom is 0.490 e. The van der Waals surface area contributed by atoms with Gasteiger partial charge in [0.15, 0.2) is 5.82 Å². The van der Waals surface area contributed by atoms with E-state index in [-0.39, 0.29) is 18.1 Å². The smallest absolute Gasteiger partial charge is 0.475 e. The third kappa shape index (κ3) is 9.05. The van der Waals surface area contributed by atoms with Crippen LogP contribution in [0.2, 0.25) is 0 Å². The quantitative estimate of drug-likeness (QED) is 0.518. The maximum atomic E-state index is 13.9. The first-order valence-corrected chi connectivity index (χ1v) is 11.6. The second-order valence-corrected chi connectivity index (χ2v) is 8.83. The number of carboxylic acids is 2. The van der Waals surface area contributed by atoms with Crippen molar-refractivity contribution in [2.24, 2.45) is 0 Å². The summed E-state index contributed by atoms with van der Waals surface area (Å²) in [5.74, 6) is -5.88. The summed E-state index contributed by atoms with van der Waals surface area (Å²) in [4.78, 5) is 29.8. The van der Waals surface area contributed by atoms with Crippen LogP contribution in [-0.4, -0.2) is 80.8 Å². The highest BCUT2D eigenvalue weighted by Crippen LogP contribution is 2.33. The fourth-order valence-electron chi connectivity index (χ4n) is 3.55. The Hall–Kier alpha value is -3.05. The van der Waals surface area contributed by atoms with Crippen molar-refractivity contribution in [2.45, 2.75) is 56.9 Å². The Labute approximate surface area is 214 Å². The maximum absolute atomic E-state index is 13.9. The van der Waals surface area contributed by atoms with Gasteiger partial charge in [0.25, 0.3) is 5.88 Å². The van der Waals surface area contributed by atoms with Crippen LogP contribution in [0, 0.1) is 12.7 Å². The van der Waals surface area contributed by atoms with Crippen LogP contribution in [0.3, 0.4) is 0 Å². The fraction of sp³-hybridized carbons (Fsp3) is 0.524. The first-order valence-electron chi connectivity index (χ1n) is 10.7. The van der Waals surface area contributed by atoms with Gasteiger partial charge in [-0.1, -0.05) is 0 Å². The average Bonchev–Trinajstić information content (AvgIpc) is 3.38. The van der Waals surface area contributed by atoms with Gasteiger partial charge in [0.05, 0.1) is 11.2 Å². The molecule has 0 saturated carbocycles. The van der Waals surface area contributed by atoms with Gasteiger partial charge < -0.3 is 19.7 Å². The van der Waals surface area contributed by atoms with E-state index in [9.17, 15) is 30.7 Å². The molecule has 9 nitrogen and oxygen atoms in total. The summed E-state index contributed by atoms with van der Waals surface area (Å²) in [6.45, 7) is 4.32. The predicted molar refractivity (Wildman–Crippen MR) is 116 cm³/mol. The normalized spacial score (nSPS) is 21.3. The van der Waals surface area contributed by atoms with Gasteiger partial charge in [0.2, 0.25) is 0 Å². The van der Waals surface area contributed by atoms with Crippen LogP contribution >= 0.6 is 11.3 Å². The number of carboxylic acid groups (broad SMARTS) is 2. The number of fused-ring (bicyclic) bond motifs is 1. The second-order valence-electron chi connectivity index (χ2n) is 7.89. The molecule has 2 aromatic heterocycles. The minimum absolute atomic E-state index is 0.0339. The molecule has 17 heteroatoms. The lowest BCUT2D eigenvalue weighted by molar-refractivity contribution is -0.193. The Balaban J connectivity index is 0.000000301. The van der Waals surface area contributed by atoms with Crippen molar-refractivity contribution < 1.29 is 60.0 Å². The molecule has 212 valence electrons. The van der Waals surface area contributed by atoms with Gasteiger partial charge in [0.1, 0.15) is 12.2 Å². The fourth-order valence-corrected chi connectivity index (χ4v) is 4.35. The lowest BCUT2D eigenvalue weighted by Crippen LogP contribution is -2.42. The average molecular weight is 577 g/mol. The summed E-state index contributed by atoms with van der Waals surface area (Å²) in [6.07, 6.45) is -6.73. The molecular weight excluding hydrogens is 555 g/mol. The highest BCUT2D eigenvalue weighted by Gasteiger charge is 2.46. The van der Waals surface area contributed by atoms with Gasteiger partial charge in [-0.15, -0.1) is 11.3 Å². The number of pyridine rings is 1. The van der Waals surface area contributed by atoms with E-state index >= 15 is 0 Å². The Morgan fingerprint density at radius 3 is 2.26 bits per heavy atom. The van der Waals surface area contributed by atoms with Crippen LogP contribution in [0.5, 0.6) is 5.88 Å². The van der Waals surface area contributed by atoms with Crippen molar-refractivity contribution in [2.75, 3.05) is 13.2 Å². The Kier molecular flexibility index (Phi) is 10.8. The zero-order valence-electron chi connectivity index (χ0n) is 19.5. The molecule has 2 aliphatic heterocycles. The standard InChI is InChI=1S/C17H20FN3O2S.2C2HF3O2/c1-11-15(24-10-20-11)9-21-8-14(16-13(21)5-3-7-22-16)23-17-12(18)4-2-6-19-17;2*3-2(4,5)1(6)7/h2,4,6,10,13-14,16H,3,5,7-9H2,1H3;2*(H,6,7)/t13-,14+,16+;;/m1../s1. The molecule has 0 radical (unpaired) electrons. The van der Waals surface area contributed by atoms with E-state index in [1.165, 1.54) is 10.9 Å². The number of hydrogen-bond donors (Lipinski definition) is 2. The second kappa shape index (κ2) is 13.1. The third-order valence-electron chi connectivity index (χ3n) is 5.25. The van der Waals surface area contributed by atoms with Crippen molar-refractivity contribution in [3.05, 3.63) is 40.2 Å². The van der Waals surface area contributed by atoms with Crippen molar-refractivity contribution in [3.63, 3.8) is 0 Å². The number of alkyl halides is 6. The van der Waals surface area contributed by atoms with E-state index in [2.05, 4.69) is 14.9 Å². The number of nitrogens with zero attached hydrogens (tertiary/aromatic N) is 3. The lowest BCUT2D eigenvalue weighted by atomic mass is 10.0. The molecule has 0 amide bonds. The molecule has 2 aliphatic rings. The number of thiazole rings is 1. The summed E-state index contributed by atoms with van der Waals surface area (Å²) >= 11 is 1.68. The molecule has 2 fully saturated rings. The molecule has 0 bridgehead atoms. The summed E-state index contributed by atoms with van der Waals surface area (Å²) < 4.78 is 89.2. The summed E-state index contributed by atoms with van der Waals surface area (Å²) in [5, 5.41) is 14.2. The van der Waals surface area contributed by atoms with Crippen LogP contribution < -0.4 is 4.74 Å². The molecule has 0 aliphatic carbocycles. The molecule has 2 N–H and O–H groups in total. The SMILES string of the molecule is Cc1ncsc1CN1C[C@H](Oc2ncccc2F)[C@H]2OCCC[C@H]21.O=C(O)C(F)(F)F.O=C(O)C(F)(F)F. The number of aromatic nitrogens is 2. The van der Waals surface area contributed by atoms with Crippen molar-refractivity contribution >= 4 is 23.3 Å². The van der Waals surface area contributed by atoms with E-state index in [0.717, 1.165) is 31.7 Å². The number of aliphatic carboxylic acids is 2. The molecule has 2 aromatic rings. The third-order valence-corrected chi connectivity index (χ3v) is 6.17. The Morgan fingerprint density at radius 2 is 1.76 bits per heavy atom. The molecule has 0 aromatic carbocycles. The Bertz CT molecular complexity index is 1060. The minimum atomic E-state index is -5.08. The van der Waals surface area contributed by atoms with Crippen LogP contribution in [0.1, 0.15) is 23.4 Å². The zero-order valence-corrected chi connectivity index (χ0v) is 20.3. The van der Waals surface area contributed by atoms with Crippen LogP contribution in [-0.2, 0) is 20.9 Å². The van der Waals surface area contributed by atoms with Crippen LogP contribution in [0.25, 0.3) is 0 Å². The van der Waals surface area contributed by atoms with E-state index in [0.29, 0.717) is 12.6 Å².